The fourth-order valence-corrected chi connectivity index (χ4v) is 8.03. The molecule has 1 heterocycles. The molecule has 0 aliphatic carbocycles. The Kier molecular flexibility index (Phi) is 9.27. The number of para-hydroxylation sites is 2. The zero-order valence-corrected chi connectivity index (χ0v) is 31.9. The second-order valence-corrected chi connectivity index (χ2v) is 14.5. The van der Waals surface area contributed by atoms with E-state index in [0.29, 0.717) is 0 Å². The summed E-state index contributed by atoms with van der Waals surface area (Å²) in [5.74, 6) is 0.855. The maximum atomic E-state index is 6.71. The van der Waals surface area contributed by atoms with Gasteiger partial charge in [-0.05, 0) is 80.9 Å². The van der Waals surface area contributed by atoms with Gasteiger partial charge in [0.1, 0.15) is 11.3 Å². The van der Waals surface area contributed by atoms with Crippen molar-refractivity contribution in [1.29, 1.82) is 0 Å². The van der Waals surface area contributed by atoms with E-state index in [0.717, 1.165) is 67.2 Å². The van der Waals surface area contributed by atoms with Crippen LogP contribution in [0.2, 0.25) is 0 Å². The highest BCUT2D eigenvalue weighted by Gasteiger charge is 2.21. The zero-order chi connectivity index (χ0) is 38.7. The lowest BCUT2D eigenvalue weighted by molar-refractivity contribution is 0.632. The van der Waals surface area contributed by atoms with Crippen LogP contribution >= 0.6 is 0 Å². The molecule has 0 aliphatic rings. The molecular weight excluding hydrogens is 703 g/mol. The van der Waals surface area contributed by atoms with Crippen LogP contribution in [0, 0.1) is 0 Å². The van der Waals surface area contributed by atoms with Gasteiger partial charge in [0.2, 0.25) is 0 Å². The molecule has 58 heavy (non-hydrogen) atoms. The molecule has 274 valence electrons. The Morgan fingerprint density at radius 2 is 0.741 bits per heavy atom. The van der Waals surface area contributed by atoms with Gasteiger partial charge in [-0.2, -0.15) is 0 Å². The minimum absolute atomic E-state index is 0.855. The topological polar surface area (TPSA) is 16.4 Å². The third-order valence-electron chi connectivity index (χ3n) is 10.9. The number of furan rings is 1. The highest BCUT2D eigenvalue weighted by atomic mass is 16.3. The predicted molar refractivity (Wildman–Crippen MR) is 244 cm³/mol. The predicted octanol–water partition coefficient (Wildman–Crippen LogP) is 15.9. The van der Waals surface area contributed by atoms with Crippen molar-refractivity contribution in [1.82, 2.24) is 0 Å². The van der Waals surface area contributed by atoms with Crippen LogP contribution in [-0.2, 0) is 0 Å². The summed E-state index contributed by atoms with van der Waals surface area (Å²) in [4.78, 5) is 2.37. The summed E-state index contributed by atoms with van der Waals surface area (Å²) in [7, 11) is 0. The van der Waals surface area contributed by atoms with Gasteiger partial charge in [-0.3, -0.25) is 0 Å². The van der Waals surface area contributed by atoms with Crippen molar-refractivity contribution in [3.05, 3.63) is 237 Å². The van der Waals surface area contributed by atoms with Crippen molar-refractivity contribution >= 4 is 28.0 Å². The van der Waals surface area contributed by atoms with Crippen molar-refractivity contribution in [2.24, 2.45) is 0 Å². The maximum Gasteiger partial charge on any atom is 0.143 e. The SMILES string of the molecule is c1ccc(-c2ccc(-c3ccc(N(c4cccc(-c5oc6ccccc6c5-c5ccccc5)c4)c4ccccc4-c4ccc(-c5ccccc5)cc4)cc3)cc2)cc1. The van der Waals surface area contributed by atoms with Gasteiger partial charge in [-0.1, -0.05) is 200 Å². The van der Waals surface area contributed by atoms with Gasteiger partial charge in [-0.15, -0.1) is 0 Å². The van der Waals surface area contributed by atoms with Gasteiger partial charge in [0, 0.05) is 33.5 Å². The fourth-order valence-electron chi connectivity index (χ4n) is 8.03. The fraction of sp³-hybridized carbons (Fsp3) is 0. The first-order chi connectivity index (χ1) is 28.8. The van der Waals surface area contributed by atoms with E-state index in [2.05, 4.69) is 235 Å². The van der Waals surface area contributed by atoms with Gasteiger partial charge >= 0.3 is 0 Å². The highest BCUT2D eigenvalue weighted by molar-refractivity contribution is 6.02. The van der Waals surface area contributed by atoms with E-state index in [9.17, 15) is 0 Å². The molecule has 0 radical (unpaired) electrons. The number of nitrogens with zero attached hydrogens (tertiary/aromatic N) is 1. The quantitative estimate of drug-likeness (QED) is 0.146. The van der Waals surface area contributed by atoms with Gasteiger partial charge in [0.05, 0.1) is 5.69 Å². The largest absolute Gasteiger partial charge is 0.455 e. The molecule has 2 heteroatoms. The van der Waals surface area contributed by atoms with E-state index in [1.165, 1.54) is 27.8 Å². The Balaban J connectivity index is 1.09. The maximum absolute atomic E-state index is 6.71. The molecule has 0 atom stereocenters. The normalized spacial score (nSPS) is 11.1. The summed E-state index contributed by atoms with van der Waals surface area (Å²) in [6.45, 7) is 0. The minimum atomic E-state index is 0.855. The lowest BCUT2D eigenvalue weighted by atomic mass is 9.97. The Morgan fingerprint density at radius 3 is 1.34 bits per heavy atom. The molecule has 0 bridgehead atoms. The summed E-state index contributed by atoms with van der Waals surface area (Å²) < 4.78 is 6.71. The Hall–Kier alpha value is -7.68. The van der Waals surface area contributed by atoms with E-state index in [-0.39, 0.29) is 0 Å². The van der Waals surface area contributed by atoms with Crippen LogP contribution in [0.5, 0.6) is 0 Å². The first-order valence-corrected chi connectivity index (χ1v) is 19.8. The molecular formula is C56H39NO. The first kappa shape index (κ1) is 34.8. The van der Waals surface area contributed by atoms with Gasteiger partial charge < -0.3 is 9.32 Å². The van der Waals surface area contributed by atoms with Crippen LogP contribution < -0.4 is 4.90 Å². The number of anilines is 3. The standard InChI is InChI=1S/C56H39NO/c1-4-15-40(16-5-1)42-27-29-44(30-28-42)45-35-37-49(38-36-45)57(53-25-12-10-23-51(53)46-33-31-43(32-34-46)41-17-6-2-7-18-41)50-22-14-21-48(39-50)56-55(47-19-8-3-9-20-47)52-24-11-13-26-54(52)58-56/h1-39H. The second kappa shape index (κ2) is 15.5. The molecule has 0 saturated heterocycles. The van der Waals surface area contributed by atoms with Crippen LogP contribution in [0.1, 0.15) is 0 Å². The van der Waals surface area contributed by atoms with Crippen molar-refractivity contribution in [2.45, 2.75) is 0 Å². The molecule has 0 amide bonds. The van der Waals surface area contributed by atoms with Gasteiger partial charge in [0.25, 0.3) is 0 Å². The molecule has 1 aromatic heterocycles. The molecule has 10 rings (SSSR count). The smallest absolute Gasteiger partial charge is 0.143 e. The number of hydrogen-bond acceptors (Lipinski definition) is 2. The van der Waals surface area contributed by atoms with E-state index < -0.39 is 0 Å². The molecule has 0 aliphatic heterocycles. The molecule has 9 aromatic carbocycles. The second-order valence-electron chi connectivity index (χ2n) is 14.5. The highest BCUT2D eigenvalue weighted by Crippen LogP contribution is 2.45. The van der Waals surface area contributed by atoms with Crippen LogP contribution in [0.15, 0.2) is 241 Å². The summed E-state index contributed by atoms with van der Waals surface area (Å²) in [6, 6.07) is 84.1. The van der Waals surface area contributed by atoms with Crippen molar-refractivity contribution in [3.8, 4) is 67.0 Å². The van der Waals surface area contributed by atoms with E-state index in [4.69, 9.17) is 4.42 Å². The summed E-state index contributed by atoms with van der Waals surface area (Å²) >= 11 is 0. The van der Waals surface area contributed by atoms with E-state index in [1.54, 1.807) is 0 Å². The van der Waals surface area contributed by atoms with Crippen LogP contribution in [0.3, 0.4) is 0 Å². The van der Waals surface area contributed by atoms with E-state index in [1.807, 2.05) is 6.07 Å². The first-order valence-electron chi connectivity index (χ1n) is 19.8. The van der Waals surface area contributed by atoms with Crippen LogP contribution in [0.25, 0.3) is 77.9 Å². The Labute approximate surface area is 339 Å². The number of rotatable bonds is 9. The summed E-state index contributed by atoms with van der Waals surface area (Å²) in [5, 5.41) is 1.10. The molecule has 2 nitrogen and oxygen atoms in total. The third kappa shape index (κ3) is 6.78. The Morgan fingerprint density at radius 1 is 0.293 bits per heavy atom. The molecule has 0 saturated carbocycles. The van der Waals surface area contributed by atoms with Crippen molar-refractivity contribution in [2.75, 3.05) is 4.90 Å². The molecule has 10 aromatic rings. The van der Waals surface area contributed by atoms with Gasteiger partial charge in [0.15, 0.2) is 0 Å². The number of fused-ring (bicyclic) bond motifs is 1. The zero-order valence-electron chi connectivity index (χ0n) is 31.9. The Bertz CT molecular complexity index is 2950. The van der Waals surface area contributed by atoms with Crippen LogP contribution in [0.4, 0.5) is 17.1 Å². The summed E-state index contributed by atoms with van der Waals surface area (Å²) in [6.07, 6.45) is 0. The average molecular weight is 742 g/mol. The molecule has 0 N–H and O–H groups in total. The third-order valence-corrected chi connectivity index (χ3v) is 10.9. The lowest BCUT2D eigenvalue weighted by Crippen LogP contribution is -2.11. The number of benzene rings is 9. The van der Waals surface area contributed by atoms with Crippen LogP contribution in [-0.4, -0.2) is 0 Å². The monoisotopic (exact) mass is 741 g/mol. The molecule has 0 unspecified atom stereocenters. The number of hydrogen-bond donors (Lipinski definition) is 0. The lowest BCUT2D eigenvalue weighted by Gasteiger charge is -2.28. The molecule has 0 fully saturated rings. The van der Waals surface area contributed by atoms with Gasteiger partial charge in [-0.25, -0.2) is 0 Å². The molecule has 0 spiro atoms. The van der Waals surface area contributed by atoms with E-state index >= 15 is 0 Å². The van der Waals surface area contributed by atoms with Crippen molar-refractivity contribution in [3.63, 3.8) is 0 Å². The minimum Gasteiger partial charge on any atom is -0.455 e. The van der Waals surface area contributed by atoms with Crippen molar-refractivity contribution < 1.29 is 4.42 Å². The summed E-state index contributed by atoms with van der Waals surface area (Å²) in [5.41, 5.74) is 16.7. The average Bonchev–Trinajstić information content (AvgIpc) is 3.71.